The van der Waals surface area contributed by atoms with Crippen molar-refractivity contribution in [1.29, 1.82) is 0 Å². The summed E-state index contributed by atoms with van der Waals surface area (Å²) < 4.78 is 0. The highest BCUT2D eigenvalue weighted by Crippen LogP contribution is 1.93. The Morgan fingerprint density at radius 2 is 2.38 bits per heavy atom. The van der Waals surface area contributed by atoms with Crippen LogP contribution in [0.4, 0.5) is 0 Å². The zero-order valence-corrected chi connectivity index (χ0v) is 5.57. The van der Waals surface area contributed by atoms with Gasteiger partial charge in [-0.05, 0) is 25.7 Å². The van der Waals surface area contributed by atoms with E-state index in [1.165, 1.54) is 5.57 Å². The first kappa shape index (κ1) is 7.28. The van der Waals surface area contributed by atoms with E-state index in [-0.39, 0.29) is 0 Å². The van der Waals surface area contributed by atoms with E-state index in [0.717, 1.165) is 6.42 Å². The SMILES string of the molecule is C=CN/C=C(\C)CC. The predicted molar refractivity (Wildman–Crippen MR) is 37.4 cm³/mol. The number of hydrogen-bond acceptors (Lipinski definition) is 1. The Labute approximate surface area is 51.1 Å². The quantitative estimate of drug-likeness (QED) is 0.587. The summed E-state index contributed by atoms with van der Waals surface area (Å²) in [7, 11) is 0. The molecule has 0 aromatic rings. The highest BCUT2D eigenvalue weighted by molar-refractivity contribution is 4.96. The van der Waals surface area contributed by atoms with Crippen molar-refractivity contribution in [3.8, 4) is 0 Å². The van der Waals surface area contributed by atoms with Gasteiger partial charge in [-0.1, -0.05) is 19.1 Å². The largest absolute Gasteiger partial charge is 0.368 e. The van der Waals surface area contributed by atoms with Crippen LogP contribution in [0.5, 0.6) is 0 Å². The lowest BCUT2D eigenvalue weighted by Crippen LogP contribution is -1.91. The molecule has 0 aliphatic heterocycles. The molecule has 1 N–H and O–H groups in total. The smallest absolute Gasteiger partial charge is 0.000675 e. The van der Waals surface area contributed by atoms with Crippen LogP contribution < -0.4 is 5.32 Å². The first-order chi connectivity index (χ1) is 3.81. The van der Waals surface area contributed by atoms with Gasteiger partial charge < -0.3 is 5.32 Å². The van der Waals surface area contributed by atoms with Gasteiger partial charge in [-0.2, -0.15) is 0 Å². The van der Waals surface area contributed by atoms with E-state index in [1.807, 2.05) is 6.20 Å². The Balaban J connectivity index is 3.40. The monoisotopic (exact) mass is 111 g/mol. The highest BCUT2D eigenvalue weighted by atomic mass is 14.8. The third-order valence-corrected chi connectivity index (χ3v) is 1.01. The van der Waals surface area contributed by atoms with Crippen LogP contribution in [-0.4, -0.2) is 0 Å². The molecule has 0 aliphatic rings. The van der Waals surface area contributed by atoms with Gasteiger partial charge in [0.1, 0.15) is 0 Å². The third-order valence-electron chi connectivity index (χ3n) is 1.01. The summed E-state index contributed by atoms with van der Waals surface area (Å²) >= 11 is 0. The molecule has 0 rings (SSSR count). The topological polar surface area (TPSA) is 12.0 Å². The summed E-state index contributed by atoms with van der Waals surface area (Å²) in [6.45, 7) is 7.71. The van der Waals surface area contributed by atoms with Gasteiger partial charge in [-0.15, -0.1) is 0 Å². The maximum atomic E-state index is 3.51. The maximum absolute atomic E-state index is 3.51. The van der Waals surface area contributed by atoms with Crippen LogP contribution in [0.1, 0.15) is 20.3 Å². The minimum absolute atomic E-state index is 1.10. The van der Waals surface area contributed by atoms with Crippen molar-refractivity contribution in [2.75, 3.05) is 0 Å². The van der Waals surface area contributed by atoms with Crippen LogP contribution >= 0.6 is 0 Å². The zero-order chi connectivity index (χ0) is 6.41. The van der Waals surface area contributed by atoms with E-state index in [2.05, 4.69) is 25.7 Å². The van der Waals surface area contributed by atoms with Crippen molar-refractivity contribution < 1.29 is 0 Å². The number of nitrogens with one attached hydrogen (secondary N) is 1. The first-order valence-corrected chi connectivity index (χ1v) is 2.83. The molecule has 0 aliphatic carbocycles. The van der Waals surface area contributed by atoms with Crippen LogP contribution in [-0.2, 0) is 0 Å². The Bertz CT molecular complexity index is 92.6. The molecule has 1 nitrogen and oxygen atoms in total. The molecular formula is C7H13N. The zero-order valence-electron chi connectivity index (χ0n) is 5.57. The molecule has 46 valence electrons. The van der Waals surface area contributed by atoms with E-state index in [1.54, 1.807) is 6.20 Å². The molecule has 0 spiro atoms. The minimum Gasteiger partial charge on any atom is -0.368 e. The van der Waals surface area contributed by atoms with E-state index in [9.17, 15) is 0 Å². The van der Waals surface area contributed by atoms with E-state index >= 15 is 0 Å². The number of hydrogen-bond donors (Lipinski definition) is 1. The summed E-state index contributed by atoms with van der Waals surface area (Å²) in [5.41, 5.74) is 1.34. The fourth-order valence-electron chi connectivity index (χ4n) is 0.303. The normalized spacial score (nSPS) is 11.0. The van der Waals surface area contributed by atoms with Crippen molar-refractivity contribution in [2.24, 2.45) is 0 Å². The lowest BCUT2D eigenvalue weighted by molar-refractivity contribution is 1.04. The highest BCUT2D eigenvalue weighted by Gasteiger charge is 1.77. The van der Waals surface area contributed by atoms with E-state index in [4.69, 9.17) is 0 Å². The Kier molecular flexibility index (Phi) is 4.04. The Hall–Kier alpha value is -0.720. The average Bonchev–Trinajstić information content (AvgIpc) is 1.83. The Morgan fingerprint density at radius 3 is 2.75 bits per heavy atom. The molecule has 0 fully saturated rings. The van der Waals surface area contributed by atoms with Crippen LogP contribution in [0.2, 0.25) is 0 Å². The molecule has 0 amide bonds. The van der Waals surface area contributed by atoms with Crippen molar-refractivity contribution >= 4 is 0 Å². The predicted octanol–water partition coefficient (Wildman–Crippen LogP) is 2.03. The fraction of sp³-hybridized carbons (Fsp3) is 0.429. The molecule has 0 heterocycles. The Morgan fingerprint density at radius 1 is 1.75 bits per heavy atom. The summed E-state index contributed by atoms with van der Waals surface area (Å²) in [4.78, 5) is 0. The van der Waals surface area contributed by atoms with Crippen molar-refractivity contribution in [2.45, 2.75) is 20.3 Å². The minimum atomic E-state index is 1.10. The number of rotatable bonds is 3. The first-order valence-electron chi connectivity index (χ1n) is 2.83. The van der Waals surface area contributed by atoms with Crippen LogP contribution in [0.3, 0.4) is 0 Å². The fourth-order valence-corrected chi connectivity index (χ4v) is 0.303. The lowest BCUT2D eigenvalue weighted by atomic mass is 10.3. The molecule has 0 saturated heterocycles. The average molecular weight is 111 g/mol. The van der Waals surface area contributed by atoms with Gasteiger partial charge in [0.15, 0.2) is 0 Å². The summed E-state index contributed by atoms with van der Waals surface area (Å²) in [5, 5.41) is 2.90. The van der Waals surface area contributed by atoms with Crippen LogP contribution in [0.25, 0.3) is 0 Å². The second-order valence-corrected chi connectivity index (χ2v) is 1.72. The third kappa shape index (κ3) is 3.47. The van der Waals surface area contributed by atoms with E-state index in [0.29, 0.717) is 0 Å². The summed E-state index contributed by atoms with van der Waals surface area (Å²) in [6, 6.07) is 0. The number of allylic oxidation sites excluding steroid dienone is 1. The van der Waals surface area contributed by atoms with Crippen LogP contribution in [0.15, 0.2) is 24.6 Å². The maximum Gasteiger partial charge on any atom is -0.000675 e. The second kappa shape index (κ2) is 4.44. The molecule has 1 heteroatoms. The molecule has 0 saturated carbocycles. The van der Waals surface area contributed by atoms with Gasteiger partial charge >= 0.3 is 0 Å². The second-order valence-electron chi connectivity index (χ2n) is 1.72. The molecule has 0 atom stereocenters. The molecule has 0 radical (unpaired) electrons. The van der Waals surface area contributed by atoms with Gasteiger partial charge in [0.25, 0.3) is 0 Å². The molecule has 0 unspecified atom stereocenters. The lowest BCUT2D eigenvalue weighted by Gasteiger charge is -1.92. The van der Waals surface area contributed by atoms with Crippen molar-refractivity contribution in [1.82, 2.24) is 5.32 Å². The summed E-state index contributed by atoms with van der Waals surface area (Å²) in [5.74, 6) is 0. The molecule has 0 bridgehead atoms. The standard InChI is InChI=1S/C7H13N/c1-4-7(3)6-8-5-2/h5-6,8H,2,4H2,1,3H3/b7-6+. The van der Waals surface area contributed by atoms with Gasteiger partial charge in [0.2, 0.25) is 0 Å². The molecule has 8 heavy (non-hydrogen) atoms. The molecular weight excluding hydrogens is 98.1 g/mol. The van der Waals surface area contributed by atoms with Crippen molar-refractivity contribution in [3.63, 3.8) is 0 Å². The molecule has 0 aromatic heterocycles. The van der Waals surface area contributed by atoms with Crippen LogP contribution in [0, 0.1) is 0 Å². The van der Waals surface area contributed by atoms with Crippen molar-refractivity contribution in [3.05, 3.63) is 24.6 Å². The van der Waals surface area contributed by atoms with Gasteiger partial charge in [0.05, 0.1) is 0 Å². The summed E-state index contributed by atoms with van der Waals surface area (Å²) in [6.07, 6.45) is 4.72. The van der Waals surface area contributed by atoms with Gasteiger partial charge in [-0.3, -0.25) is 0 Å². The van der Waals surface area contributed by atoms with Gasteiger partial charge in [-0.25, -0.2) is 0 Å². The van der Waals surface area contributed by atoms with Gasteiger partial charge in [0, 0.05) is 0 Å². The molecule has 0 aromatic carbocycles. The van der Waals surface area contributed by atoms with E-state index < -0.39 is 0 Å².